The molecule has 6 heteroatoms. The number of hydrogen-bond acceptors (Lipinski definition) is 5. The van der Waals surface area contributed by atoms with E-state index in [-0.39, 0.29) is 17.6 Å². The van der Waals surface area contributed by atoms with Gasteiger partial charge in [0.25, 0.3) is 5.91 Å². The summed E-state index contributed by atoms with van der Waals surface area (Å²) in [7, 11) is 0. The van der Waals surface area contributed by atoms with E-state index in [0.29, 0.717) is 19.0 Å². The number of hydrogen-bond donors (Lipinski definition) is 3. The van der Waals surface area contributed by atoms with Crippen LogP contribution in [0.4, 0.5) is 5.69 Å². The molecule has 1 unspecified atom stereocenters. The second kappa shape index (κ2) is 7.14. The van der Waals surface area contributed by atoms with Gasteiger partial charge in [0, 0.05) is 24.2 Å². The molecule has 0 saturated heterocycles. The minimum absolute atomic E-state index is 0.243. The Morgan fingerprint density at radius 3 is 2.79 bits per heavy atom. The van der Waals surface area contributed by atoms with Crippen molar-refractivity contribution >= 4 is 22.4 Å². The van der Waals surface area contributed by atoms with Crippen molar-refractivity contribution in [1.29, 1.82) is 0 Å². The second-order valence-corrected chi connectivity index (χ2v) is 5.57. The average Bonchev–Trinajstić information content (AvgIpc) is 3.09. The molecule has 0 spiro atoms. The Labute approximate surface area is 140 Å². The number of nitrogens with one attached hydrogen (secondary N) is 2. The Kier molecular flexibility index (Phi) is 4.77. The normalized spacial score (nSPS) is 12.1. The van der Waals surface area contributed by atoms with Crippen LogP contribution < -0.4 is 16.4 Å². The molecule has 1 atom stereocenters. The lowest BCUT2D eigenvalue weighted by Crippen LogP contribution is -2.29. The molecule has 1 aromatic heterocycles. The van der Waals surface area contributed by atoms with Gasteiger partial charge in [0.1, 0.15) is 6.26 Å². The Hall–Kier alpha value is -2.86. The lowest BCUT2D eigenvalue weighted by atomic mass is 10.1. The van der Waals surface area contributed by atoms with E-state index in [0.717, 1.165) is 11.1 Å². The van der Waals surface area contributed by atoms with Gasteiger partial charge in [-0.3, -0.25) is 4.79 Å². The highest BCUT2D eigenvalue weighted by Gasteiger charge is 2.13. The van der Waals surface area contributed by atoms with E-state index in [1.54, 1.807) is 6.92 Å². The van der Waals surface area contributed by atoms with Gasteiger partial charge in [0.15, 0.2) is 5.69 Å². The van der Waals surface area contributed by atoms with Crippen LogP contribution >= 0.6 is 0 Å². The van der Waals surface area contributed by atoms with E-state index >= 15 is 0 Å². The van der Waals surface area contributed by atoms with Gasteiger partial charge in [-0.15, -0.1) is 0 Å². The van der Waals surface area contributed by atoms with E-state index in [1.165, 1.54) is 11.6 Å². The molecule has 0 saturated carbocycles. The number of amides is 1. The smallest absolute Gasteiger partial charge is 0.273 e. The van der Waals surface area contributed by atoms with Crippen molar-refractivity contribution in [2.45, 2.75) is 13.0 Å². The fourth-order valence-electron chi connectivity index (χ4n) is 2.44. The Bertz CT molecular complexity index is 836. The maximum Gasteiger partial charge on any atom is 0.273 e. The molecule has 1 heterocycles. The molecule has 6 nitrogen and oxygen atoms in total. The predicted molar refractivity (Wildman–Crippen MR) is 93.9 cm³/mol. The average molecular weight is 324 g/mol. The van der Waals surface area contributed by atoms with E-state index in [1.807, 2.05) is 24.3 Å². The molecule has 0 aliphatic carbocycles. The summed E-state index contributed by atoms with van der Waals surface area (Å²) in [5.41, 5.74) is 6.95. The largest absolute Gasteiger partial charge is 0.446 e. The van der Waals surface area contributed by atoms with Gasteiger partial charge in [-0.05, 0) is 18.4 Å². The molecule has 2 aromatic carbocycles. The van der Waals surface area contributed by atoms with Gasteiger partial charge in [0.2, 0.25) is 5.89 Å². The van der Waals surface area contributed by atoms with Crippen molar-refractivity contribution in [2.75, 3.05) is 18.4 Å². The van der Waals surface area contributed by atoms with Crippen molar-refractivity contribution in [1.82, 2.24) is 10.3 Å². The number of carbonyl (C=O) groups excluding carboxylic acids is 1. The number of anilines is 1. The number of carbonyl (C=O) groups is 1. The highest BCUT2D eigenvalue weighted by Crippen LogP contribution is 2.22. The summed E-state index contributed by atoms with van der Waals surface area (Å²) < 4.78 is 5.16. The molecular formula is C18H20N4O2. The van der Waals surface area contributed by atoms with Crippen molar-refractivity contribution in [3.63, 3.8) is 0 Å². The van der Waals surface area contributed by atoms with Crippen LogP contribution in [0.5, 0.6) is 0 Å². The Morgan fingerprint density at radius 2 is 2.00 bits per heavy atom. The van der Waals surface area contributed by atoms with Crippen molar-refractivity contribution in [3.8, 4) is 0 Å². The van der Waals surface area contributed by atoms with Crippen LogP contribution in [-0.4, -0.2) is 24.0 Å². The third kappa shape index (κ3) is 3.55. The van der Waals surface area contributed by atoms with Gasteiger partial charge in [0.05, 0.1) is 6.04 Å². The zero-order valence-electron chi connectivity index (χ0n) is 13.5. The van der Waals surface area contributed by atoms with Crippen LogP contribution in [0.3, 0.4) is 0 Å². The lowest BCUT2D eigenvalue weighted by Gasteiger charge is -2.10. The molecule has 0 aliphatic heterocycles. The summed E-state index contributed by atoms with van der Waals surface area (Å²) in [4.78, 5) is 16.1. The summed E-state index contributed by atoms with van der Waals surface area (Å²) in [6, 6.07) is 13.9. The topological polar surface area (TPSA) is 93.2 Å². The number of fused-ring (bicyclic) bond motifs is 1. The molecule has 3 rings (SSSR count). The first-order valence-electron chi connectivity index (χ1n) is 7.86. The van der Waals surface area contributed by atoms with Crippen LogP contribution in [0.25, 0.3) is 10.8 Å². The molecule has 24 heavy (non-hydrogen) atoms. The lowest BCUT2D eigenvalue weighted by molar-refractivity contribution is 0.0950. The van der Waals surface area contributed by atoms with Gasteiger partial charge < -0.3 is 20.8 Å². The van der Waals surface area contributed by atoms with Gasteiger partial charge in [-0.2, -0.15) is 0 Å². The highest BCUT2D eigenvalue weighted by molar-refractivity contribution is 5.94. The van der Waals surface area contributed by atoms with Crippen LogP contribution in [0, 0.1) is 0 Å². The SMILES string of the molecule is CC(N)c1nc(C(=O)NCCNc2cccc3ccccc23)co1. The maximum atomic E-state index is 12.0. The predicted octanol–water partition coefficient (Wildman–Crippen LogP) is 2.69. The fourth-order valence-corrected chi connectivity index (χ4v) is 2.44. The molecule has 0 bridgehead atoms. The summed E-state index contributed by atoms with van der Waals surface area (Å²) in [6.07, 6.45) is 1.33. The molecule has 1 amide bonds. The van der Waals surface area contributed by atoms with E-state index in [4.69, 9.17) is 10.2 Å². The Balaban J connectivity index is 1.53. The fraction of sp³-hybridized carbons (Fsp3) is 0.222. The standard InChI is InChI=1S/C18H20N4O2/c1-12(19)18-22-16(11-24-18)17(23)21-10-9-20-15-8-4-6-13-5-2-3-7-14(13)15/h2-8,11-12,20H,9-10,19H2,1H3,(H,21,23). The monoisotopic (exact) mass is 324 g/mol. The van der Waals surface area contributed by atoms with Crippen molar-refractivity contribution < 1.29 is 9.21 Å². The van der Waals surface area contributed by atoms with Gasteiger partial charge >= 0.3 is 0 Å². The first kappa shape index (κ1) is 16.0. The number of nitrogens with two attached hydrogens (primary N) is 1. The molecule has 124 valence electrons. The molecular weight excluding hydrogens is 304 g/mol. The van der Waals surface area contributed by atoms with E-state index < -0.39 is 0 Å². The number of oxazole rings is 1. The Morgan fingerprint density at radius 1 is 1.21 bits per heavy atom. The number of nitrogens with zero attached hydrogens (tertiary/aromatic N) is 1. The quantitative estimate of drug-likeness (QED) is 0.606. The van der Waals surface area contributed by atoms with Crippen LogP contribution in [0.15, 0.2) is 53.1 Å². The minimum atomic E-state index is -0.334. The number of benzene rings is 2. The third-order valence-electron chi connectivity index (χ3n) is 3.66. The summed E-state index contributed by atoms with van der Waals surface area (Å²) in [5, 5.41) is 8.48. The number of aromatic nitrogens is 1. The van der Waals surface area contributed by atoms with Crippen LogP contribution in [0.2, 0.25) is 0 Å². The molecule has 0 radical (unpaired) electrons. The zero-order chi connectivity index (χ0) is 16.9. The number of rotatable bonds is 6. The van der Waals surface area contributed by atoms with Crippen LogP contribution in [-0.2, 0) is 0 Å². The van der Waals surface area contributed by atoms with Gasteiger partial charge in [-0.25, -0.2) is 4.98 Å². The third-order valence-corrected chi connectivity index (χ3v) is 3.66. The zero-order valence-corrected chi connectivity index (χ0v) is 13.5. The molecule has 0 fully saturated rings. The van der Waals surface area contributed by atoms with Crippen molar-refractivity contribution in [2.24, 2.45) is 5.73 Å². The first-order valence-corrected chi connectivity index (χ1v) is 7.86. The maximum absolute atomic E-state index is 12.0. The highest BCUT2D eigenvalue weighted by atomic mass is 16.3. The summed E-state index contributed by atoms with van der Waals surface area (Å²) >= 11 is 0. The first-order chi connectivity index (χ1) is 11.6. The minimum Gasteiger partial charge on any atom is -0.446 e. The van der Waals surface area contributed by atoms with E-state index in [9.17, 15) is 4.79 Å². The molecule has 0 aliphatic rings. The summed E-state index contributed by atoms with van der Waals surface area (Å²) in [5.74, 6) is 0.0828. The van der Waals surface area contributed by atoms with Crippen LogP contribution in [0.1, 0.15) is 29.3 Å². The summed E-state index contributed by atoms with van der Waals surface area (Å²) in [6.45, 7) is 2.84. The van der Waals surface area contributed by atoms with Gasteiger partial charge in [-0.1, -0.05) is 36.4 Å². The van der Waals surface area contributed by atoms with Crippen molar-refractivity contribution in [3.05, 3.63) is 60.3 Å². The second-order valence-electron chi connectivity index (χ2n) is 5.57. The van der Waals surface area contributed by atoms with E-state index in [2.05, 4.69) is 33.8 Å². The molecule has 4 N–H and O–H groups in total. The molecule has 3 aromatic rings.